The van der Waals surface area contributed by atoms with Gasteiger partial charge in [0.25, 0.3) is 0 Å². The fourth-order valence-corrected chi connectivity index (χ4v) is 5.90. The molecule has 136 valence electrons. The van der Waals surface area contributed by atoms with Crippen LogP contribution in [0.3, 0.4) is 0 Å². The Morgan fingerprint density at radius 2 is 2.08 bits per heavy atom. The fourth-order valence-electron chi connectivity index (χ4n) is 4.33. The lowest BCUT2D eigenvalue weighted by Gasteiger charge is -2.33. The number of carbonyl (C=O) groups excluding carboxylic acids is 1. The standard InChI is InChI=1S/C18H24N2O4S/c1-14(21)20-8-5-15-3-4-16(11-17(15)20)25(22,23)19-9-7-18(12-19)6-2-10-24-13-18/h3-4,11H,2,5-10,12-13H2,1H3. The van der Waals surface area contributed by atoms with E-state index in [1.165, 1.54) is 6.92 Å². The van der Waals surface area contributed by atoms with Gasteiger partial charge >= 0.3 is 0 Å². The molecule has 1 aromatic rings. The number of fused-ring (bicyclic) bond motifs is 1. The van der Waals surface area contributed by atoms with Crippen LogP contribution >= 0.6 is 0 Å². The van der Waals surface area contributed by atoms with Crippen LogP contribution < -0.4 is 4.90 Å². The zero-order chi connectivity index (χ0) is 17.7. The first-order valence-electron chi connectivity index (χ1n) is 8.90. The van der Waals surface area contributed by atoms with E-state index in [0.29, 0.717) is 26.2 Å². The molecular formula is C18H24N2O4S. The Kier molecular flexibility index (Phi) is 4.13. The number of rotatable bonds is 2. The van der Waals surface area contributed by atoms with Gasteiger partial charge in [0.15, 0.2) is 0 Å². The van der Waals surface area contributed by atoms with Gasteiger partial charge in [0.05, 0.1) is 11.5 Å². The van der Waals surface area contributed by atoms with Crippen LogP contribution in [0.2, 0.25) is 0 Å². The first-order chi connectivity index (χ1) is 11.9. The van der Waals surface area contributed by atoms with Crippen LogP contribution in [0.1, 0.15) is 31.7 Å². The number of sulfonamides is 1. The lowest BCUT2D eigenvalue weighted by atomic mass is 9.82. The third-order valence-corrected chi connectivity index (χ3v) is 7.62. The van der Waals surface area contributed by atoms with Crippen LogP contribution in [0.15, 0.2) is 23.1 Å². The number of nitrogens with zero attached hydrogens (tertiary/aromatic N) is 2. The number of carbonyl (C=O) groups is 1. The number of amides is 1. The minimum Gasteiger partial charge on any atom is -0.381 e. The highest BCUT2D eigenvalue weighted by Crippen LogP contribution is 2.40. The van der Waals surface area contributed by atoms with E-state index >= 15 is 0 Å². The fraction of sp³-hybridized carbons (Fsp3) is 0.611. The van der Waals surface area contributed by atoms with E-state index in [1.54, 1.807) is 21.3 Å². The molecule has 2 fully saturated rings. The van der Waals surface area contributed by atoms with Gasteiger partial charge in [-0.3, -0.25) is 4.79 Å². The summed E-state index contributed by atoms with van der Waals surface area (Å²) in [4.78, 5) is 13.7. The molecule has 3 aliphatic heterocycles. The van der Waals surface area contributed by atoms with E-state index in [4.69, 9.17) is 4.74 Å². The third kappa shape index (κ3) is 2.88. The molecule has 1 unspecified atom stereocenters. The normalized spacial score (nSPS) is 27.0. The van der Waals surface area contributed by atoms with Crippen molar-refractivity contribution in [3.8, 4) is 0 Å². The van der Waals surface area contributed by atoms with Crippen molar-refractivity contribution in [3.05, 3.63) is 23.8 Å². The quantitative estimate of drug-likeness (QED) is 0.802. The maximum absolute atomic E-state index is 13.1. The summed E-state index contributed by atoms with van der Waals surface area (Å²) in [5.74, 6) is -0.0484. The molecule has 3 heterocycles. The Hall–Kier alpha value is -1.44. The molecule has 6 nitrogen and oxygen atoms in total. The summed E-state index contributed by atoms with van der Waals surface area (Å²) >= 11 is 0. The second-order valence-corrected chi connectivity index (χ2v) is 9.39. The molecule has 0 saturated carbocycles. The molecule has 3 aliphatic rings. The second-order valence-electron chi connectivity index (χ2n) is 7.46. The van der Waals surface area contributed by atoms with Crippen molar-refractivity contribution in [2.45, 2.75) is 37.5 Å². The van der Waals surface area contributed by atoms with Crippen molar-refractivity contribution >= 4 is 21.6 Å². The van der Waals surface area contributed by atoms with Crippen molar-refractivity contribution in [3.63, 3.8) is 0 Å². The van der Waals surface area contributed by atoms with Crippen molar-refractivity contribution < 1.29 is 17.9 Å². The van der Waals surface area contributed by atoms with Crippen LogP contribution in [-0.4, -0.2) is 51.5 Å². The Balaban J connectivity index is 1.61. The molecule has 1 amide bonds. The molecule has 2 saturated heterocycles. The summed E-state index contributed by atoms with van der Waals surface area (Å²) in [5, 5.41) is 0. The molecule has 0 aliphatic carbocycles. The van der Waals surface area contributed by atoms with Gasteiger partial charge < -0.3 is 9.64 Å². The first kappa shape index (κ1) is 17.0. The van der Waals surface area contributed by atoms with Gasteiger partial charge in [0.1, 0.15) is 0 Å². The van der Waals surface area contributed by atoms with Crippen LogP contribution in [0, 0.1) is 5.41 Å². The highest BCUT2D eigenvalue weighted by atomic mass is 32.2. The van der Waals surface area contributed by atoms with Crippen molar-refractivity contribution in [2.24, 2.45) is 5.41 Å². The van der Waals surface area contributed by atoms with Gasteiger partial charge in [0.2, 0.25) is 15.9 Å². The van der Waals surface area contributed by atoms with Gasteiger partial charge in [-0.05, 0) is 43.4 Å². The molecule has 7 heteroatoms. The van der Waals surface area contributed by atoms with Gasteiger partial charge in [0, 0.05) is 44.3 Å². The Morgan fingerprint density at radius 1 is 1.24 bits per heavy atom. The van der Waals surface area contributed by atoms with Gasteiger partial charge in [-0.2, -0.15) is 4.31 Å². The van der Waals surface area contributed by atoms with E-state index in [-0.39, 0.29) is 16.2 Å². The molecule has 4 rings (SSSR count). The van der Waals surface area contributed by atoms with Crippen LogP contribution in [-0.2, 0) is 26.0 Å². The number of ether oxygens (including phenoxy) is 1. The van der Waals surface area contributed by atoms with E-state index < -0.39 is 10.0 Å². The molecule has 1 aromatic carbocycles. The maximum atomic E-state index is 13.1. The number of hydrogen-bond donors (Lipinski definition) is 0. The van der Waals surface area contributed by atoms with E-state index in [2.05, 4.69) is 0 Å². The van der Waals surface area contributed by atoms with Crippen LogP contribution in [0.25, 0.3) is 0 Å². The van der Waals surface area contributed by atoms with Crippen LogP contribution in [0.4, 0.5) is 5.69 Å². The summed E-state index contributed by atoms with van der Waals surface area (Å²) in [7, 11) is -3.54. The summed E-state index contributed by atoms with van der Waals surface area (Å²) in [6.45, 7) is 4.64. The average Bonchev–Trinajstić information content (AvgIpc) is 3.20. The van der Waals surface area contributed by atoms with Crippen molar-refractivity contribution in [1.82, 2.24) is 4.31 Å². The average molecular weight is 364 g/mol. The van der Waals surface area contributed by atoms with E-state index in [0.717, 1.165) is 43.5 Å². The Labute approximate surface area is 148 Å². The summed E-state index contributed by atoms with van der Waals surface area (Å²) in [6.07, 6.45) is 3.66. The zero-order valence-corrected chi connectivity index (χ0v) is 15.3. The lowest BCUT2D eigenvalue weighted by Crippen LogP contribution is -2.37. The highest BCUT2D eigenvalue weighted by Gasteiger charge is 2.44. The predicted octanol–water partition coefficient (Wildman–Crippen LogP) is 1.79. The van der Waals surface area contributed by atoms with Gasteiger partial charge in [-0.1, -0.05) is 6.07 Å². The van der Waals surface area contributed by atoms with Crippen molar-refractivity contribution in [2.75, 3.05) is 37.7 Å². The molecule has 0 N–H and O–H groups in total. The number of benzene rings is 1. The minimum atomic E-state index is -3.54. The smallest absolute Gasteiger partial charge is 0.243 e. The summed E-state index contributed by atoms with van der Waals surface area (Å²) in [5.41, 5.74) is 1.75. The number of hydrogen-bond acceptors (Lipinski definition) is 4. The SMILES string of the molecule is CC(=O)N1CCc2ccc(S(=O)(=O)N3CCC4(CCCOC4)C3)cc21. The second kappa shape index (κ2) is 6.07. The molecule has 0 bridgehead atoms. The molecule has 0 aromatic heterocycles. The maximum Gasteiger partial charge on any atom is 0.243 e. The molecule has 0 radical (unpaired) electrons. The van der Waals surface area contributed by atoms with Crippen molar-refractivity contribution in [1.29, 1.82) is 0 Å². The van der Waals surface area contributed by atoms with Gasteiger partial charge in [-0.15, -0.1) is 0 Å². The largest absolute Gasteiger partial charge is 0.381 e. The number of anilines is 1. The van der Waals surface area contributed by atoms with E-state index in [1.807, 2.05) is 6.07 Å². The van der Waals surface area contributed by atoms with E-state index in [9.17, 15) is 13.2 Å². The molecule has 1 spiro atoms. The lowest BCUT2D eigenvalue weighted by molar-refractivity contribution is -0.116. The molecular weight excluding hydrogens is 340 g/mol. The summed E-state index contributed by atoms with van der Waals surface area (Å²) in [6, 6.07) is 5.20. The molecule has 1 atom stereocenters. The zero-order valence-electron chi connectivity index (χ0n) is 14.5. The minimum absolute atomic E-state index is 0.0204. The monoisotopic (exact) mass is 364 g/mol. The van der Waals surface area contributed by atoms with Crippen LogP contribution in [0.5, 0.6) is 0 Å². The van der Waals surface area contributed by atoms with Gasteiger partial charge in [-0.25, -0.2) is 8.42 Å². The predicted molar refractivity (Wildman–Crippen MR) is 94.0 cm³/mol. The first-order valence-corrected chi connectivity index (χ1v) is 10.3. The summed E-state index contributed by atoms with van der Waals surface area (Å²) < 4.78 is 33.4. The third-order valence-electron chi connectivity index (χ3n) is 5.78. The Bertz CT molecular complexity index is 799. The highest BCUT2D eigenvalue weighted by molar-refractivity contribution is 7.89. The topological polar surface area (TPSA) is 66.9 Å². The molecule has 25 heavy (non-hydrogen) atoms. The Morgan fingerprint density at radius 3 is 2.80 bits per heavy atom.